The lowest BCUT2D eigenvalue weighted by Gasteiger charge is -2.34. The molecule has 12 heteroatoms. The Bertz CT molecular complexity index is 1520. The van der Waals surface area contributed by atoms with Gasteiger partial charge >= 0.3 is 5.97 Å². The molecule has 1 atom stereocenters. The number of fused-ring (bicyclic) bond motifs is 2. The first kappa shape index (κ1) is 25.4. The van der Waals surface area contributed by atoms with E-state index >= 15 is 0 Å². The molecule has 1 fully saturated rings. The number of hydrogen-bond acceptors (Lipinski definition) is 8. The molecular formula is C25H27N3O7S2. The van der Waals surface area contributed by atoms with Gasteiger partial charge in [-0.25, -0.2) is 8.42 Å². The summed E-state index contributed by atoms with van der Waals surface area (Å²) in [6, 6.07) is 9.35. The molecule has 3 heterocycles. The van der Waals surface area contributed by atoms with Gasteiger partial charge < -0.3 is 18.8 Å². The molecule has 196 valence electrons. The molecule has 2 aliphatic heterocycles. The largest absolute Gasteiger partial charge is 0.468 e. The molecule has 5 rings (SSSR count). The molecule has 0 radical (unpaired) electrons. The van der Waals surface area contributed by atoms with Crippen molar-refractivity contribution in [2.75, 3.05) is 20.4 Å². The van der Waals surface area contributed by atoms with Crippen molar-refractivity contribution in [2.24, 2.45) is 4.99 Å². The highest BCUT2D eigenvalue weighted by Gasteiger charge is 2.32. The van der Waals surface area contributed by atoms with E-state index in [-0.39, 0.29) is 29.8 Å². The molecule has 1 amide bonds. The predicted octanol–water partition coefficient (Wildman–Crippen LogP) is 3.30. The average Bonchev–Trinajstić information content (AvgIpc) is 3.50. The minimum absolute atomic E-state index is 0.00885. The molecule has 0 spiro atoms. The van der Waals surface area contributed by atoms with Crippen LogP contribution in [0.1, 0.15) is 43.0 Å². The molecule has 0 saturated carbocycles. The van der Waals surface area contributed by atoms with E-state index in [1.165, 1.54) is 42.7 Å². The van der Waals surface area contributed by atoms with Gasteiger partial charge in [0.2, 0.25) is 16.8 Å². The summed E-state index contributed by atoms with van der Waals surface area (Å²) in [7, 11) is -2.37. The number of ether oxygens (including phenoxy) is 3. The van der Waals surface area contributed by atoms with Gasteiger partial charge in [0.15, 0.2) is 16.3 Å². The van der Waals surface area contributed by atoms with E-state index in [2.05, 4.69) is 4.99 Å². The third-order valence-corrected chi connectivity index (χ3v) is 9.65. The molecule has 0 N–H and O–H groups in total. The minimum atomic E-state index is -3.66. The molecule has 10 nitrogen and oxygen atoms in total. The Morgan fingerprint density at radius 3 is 2.57 bits per heavy atom. The van der Waals surface area contributed by atoms with Crippen LogP contribution in [0.25, 0.3) is 10.2 Å². The van der Waals surface area contributed by atoms with Crippen LogP contribution in [0.2, 0.25) is 0 Å². The van der Waals surface area contributed by atoms with Crippen LogP contribution in [-0.4, -0.2) is 55.7 Å². The molecule has 37 heavy (non-hydrogen) atoms. The maximum atomic E-state index is 13.2. The molecule has 0 aliphatic carbocycles. The molecule has 3 aromatic rings. The Kier molecular flexibility index (Phi) is 7.06. The number of carbonyl (C=O) groups excluding carboxylic acids is 2. The SMILES string of the molecule is CCC1CCCCN1S(=O)(=O)c1ccc(C(=O)N=c2sc3cc4c(cc3n2CC(=O)OC)OCO4)cc1. The Labute approximate surface area is 218 Å². The lowest BCUT2D eigenvalue weighted by Crippen LogP contribution is -2.43. The normalized spacial score (nSPS) is 18.3. The average molecular weight is 546 g/mol. The van der Waals surface area contributed by atoms with Crippen LogP contribution in [-0.2, 0) is 26.1 Å². The fourth-order valence-corrected chi connectivity index (χ4v) is 7.45. The summed E-state index contributed by atoms with van der Waals surface area (Å²) in [4.78, 5) is 29.9. The lowest BCUT2D eigenvalue weighted by molar-refractivity contribution is -0.141. The van der Waals surface area contributed by atoms with E-state index in [9.17, 15) is 18.0 Å². The van der Waals surface area contributed by atoms with Gasteiger partial charge in [0.25, 0.3) is 5.91 Å². The standard InChI is InChI=1S/C25H27N3O7S2/c1-3-17-6-4-5-11-28(17)37(31,32)18-9-7-16(8-10-18)24(30)26-25-27(14-23(29)33-2)19-12-20-21(35-15-34-20)13-22(19)36-25/h7-10,12-13,17H,3-6,11,14-15H2,1-2H3. The fourth-order valence-electron chi connectivity index (χ4n) is 4.65. The number of esters is 1. The second kappa shape index (κ2) is 10.3. The minimum Gasteiger partial charge on any atom is -0.468 e. The summed E-state index contributed by atoms with van der Waals surface area (Å²) in [6.45, 7) is 2.47. The van der Waals surface area contributed by atoms with Gasteiger partial charge in [-0.1, -0.05) is 24.7 Å². The van der Waals surface area contributed by atoms with E-state index in [0.29, 0.717) is 28.4 Å². The summed E-state index contributed by atoms with van der Waals surface area (Å²) in [6.07, 6.45) is 3.48. The zero-order valence-corrected chi connectivity index (χ0v) is 22.1. The third kappa shape index (κ3) is 4.88. The molecular weight excluding hydrogens is 518 g/mol. The van der Waals surface area contributed by atoms with E-state index in [1.54, 1.807) is 21.0 Å². The molecule has 2 aromatic carbocycles. The maximum absolute atomic E-state index is 13.2. The van der Waals surface area contributed by atoms with Gasteiger partial charge in [0, 0.05) is 30.3 Å². The van der Waals surface area contributed by atoms with E-state index in [1.807, 2.05) is 6.92 Å². The van der Waals surface area contributed by atoms with Crippen LogP contribution in [0.5, 0.6) is 11.5 Å². The van der Waals surface area contributed by atoms with Gasteiger partial charge in [0.05, 0.1) is 22.2 Å². The molecule has 0 bridgehead atoms. The summed E-state index contributed by atoms with van der Waals surface area (Å²) in [5, 5.41) is 0. The number of amides is 1. The number of hydrogen-bond donors (Lipinski definition) is 0. The van der Waals surface area contributed by atoms with Crippen molar-refractivity contribution in [3.63, 3.8) is 0 Å². The Morgan fingerprint density at radius 2 is 1.86 bits per heavy atom. The van der Waals surface area contributed by atoms with Crippen molar-refractivity contribution in [3.8, 4) is 11.5 Å². The van der Waals surface area contributed by atoms with Crippen LogP contribution in [0.4, 0.5) is 0 Å². The number of benzene rings is 2. The highest BCUT2D eigenvalue weighted by molar-refractivity contribution is 7.89. The number of sulfonamides is 1. The lowest BCUT2D eigenvalue weighted by atomic mass is 10.0. The van der Waals surface area contributed by atoms with Gasteiger partial charge in [0.1, 0.15) is 6.54 Å². The van der Waals surface area contributed by atoms with Crippen molar-refractivity contribution in [3.05, 3.63) is 46.8 Å². The number of rotatable bonds is 6. The number of aromatic nitrogens is 1. The first-order valence-corrected chi connectivity index (χ1v) is 14.3. The number of nitrogens with zero attached hydrogens (tertiary/aromatic N) is 3. The highest BCUT2D eigenvalue weighted by atomic mass is 32.2. The molecule has 1 saturated heterocycles. The zero-order chi connectivity index (χ0) is 26.2. The van der Waals surface area contributed by atoms with Crippen LogP contribution >= 0.6 is 11.3 Å². The number of thiazole rings is 1. The van der Waals surface area contributed by atoms with Gasteiger partial charge in [-0.15, -0.1) is 0 Å². The van der Waals surface area contributed by atoms with Crippen LogP contribution in [0.15, 0.2) is 46.3 Å². The molecule has 1 unspecified atom stereocenters. The van der Waals surface area contributed by atoms with Crippen molar-refractivity contribution in [1.29, 1.82) is 0 Å². The predicted molar refractivity (Wildman–Crippen MR) is 136 cm³/mol. The third-order valence-electron chi connectivity index (χ3n) is 6.64. The van der Waals surface area contributed by atoms with Crippen molar-refractivity contribution in [1.82, 2.24) is 8.87 Å². The topological polar surface area (TPSA) is 117 Å². The second-order valence-electron chi connectivity index (χ2n) is 8.84. The molecule has 2 aliphatic rings. The number of methoxy groups -OCH3 is 1. The number of carbonyl (C=O) groups is 2. The summed E-state index contributed by atoms with van der Waals surface area (Å²) < 4.78 is 46.1. The highest BCUT2D eigenvalue weighted by Crippen LogP contribution is 2.37. The monoisotopic (exact) mass is 545 g/mol. The fraction of sp³-hybridized carbons (Fsp3) is 0.400. The Balaban J connectivity index is 1.47. The second-order valence-corrected chi connectivity index (χ2v) is 11.7. The zero-order valence-electron chi connectivity index (χ0n) is 20.5. The van der Waals surface area contributed by atoms with E-state index in [4.69, 9.17) is 14.2 Å². The number of piperidine rings is 1. The van der Waals surface area contributed by atoms with Gasteiger partial charge in [-0.05, 0) is 43.5 Å². The maximum Gasteiger partial charge on any atom is 0.325 e. The smallest absolute Gasteiger partial charge is 0.325 e. The first-order valence-electron chi connectivity index (χ1n) is 12.0. The van der Waals surface area contributed by atoms with Crippen molar-refractivity contribution in [2.45, 2.75) is 50.1 Å². The van der Waals surface area contributed by atoms with Crippen LogP contribution < -0.4 is 14.3 Å². The van der Waals surface area contributed by atoms with Crippen LogP contribution in [0.3, 0.4) is 0 Å². The van der Waals surface area contributed by atoms with E-state index < -0.39 is 21.9 Å². The van der Waals surface area contributed by atoms with Gasteiger partial charge in [-0.3, -0.25) is 9.59 Å². The first-order chi connectivity index (χ1) is 17.8. The summed E-state index contributed by atoms with van der Waals surface area (Å²) in [5.74, 6) is 0.0627. The van der Waals surface area contributed by atoms with Gasteiger partial charge in [-0.2, -0.15) is 9.30 Å². The van der Waals surface area contributed by atoms with E-state index in [0.717, 1.165) is 30.4 Å². The van der Waals surface area contributed by atoms with Crippen LogP contribution in [0, 0.1) is 0 Å². The summed E-state index contributed by atoms with van der Waals surface area (Å²) >= 11 is 1.22. The molecule has 1 aromatic heterocycles. The quantitative estimate of drug-likeness (QED) is 0.436. The van der Waals surface area contributed by atoms with Crippen molar-refractivity contribution < 1.29 is 32.2 Å². The summed E-state index contributed by atoms with van der Waals surface area (Å²) in [5.41, 5.74) is 0.889. The Morgan fingerprint density at radius 1 is 1.14 bits per heavy atom. The Hall–Kier alpha value is -3.22. The van der Waals surface area contributed by atoms with Crippen molar-refractivity contribution >= 4 is 43.5 Å².